The Kier molecular flexibility index (Phi) is 45.5. The van der Waals surface area contributed by atoms with Gasteiger partial charge < -0.3 is 18.9 Å². The molecular formula is C55H99NO7P+. The number of ether oxygens (including phenoxy) is 2. The van der Waals surface area contributed by atoms with Gasteiger partial charge in [0.25, 0.3) is 0 Å². The van der Waals surface area contributed by atoms with Gasteiger partial charge in [-0.05, 0) is 89.9 Å². The maximum absolute atomic E-state index is 12.8. The van der Waals surface area contributed by atoms with Crippen molar-refractivity contribution in [1.82, 2.24) is 0 Å². The van der Waals surface area contributed by atoms with E-state index in [4.69, 9.17) is 18.5 Å². The highest BCUT2D eigenvalue weighted by Gasteiger charge is 2.26. The summed E-state index contributed by atoms with van der Waals surface area (Å²) in [5, 5.41) is 0. The summed E-state index contributed by atoms with van der Waals surface area (Å²) in [5.74, 6) is -0.326. The van der Waals surface area contributed by atoms with Crippen LogP contribution in [-0.4, -0.2) is 75.6 Å². The Morgan fingerprint density at radius 2 is 0.906 bits per heavy atom. The van der Waals surface area contributed by atoms with Gasteiger partial charge in [-0.25, -0.2) is 4.57 Å². The molecule has 2 atom stereocenters. The van der Waals surface area contributed by atoms with Crippen LogP contribution < -0.4 is 0 Å². The predicted octanol–water partition coefficient (Wildman–Crippen LogP) is 16.0. The number of carbonyl (C=O) groups excluding carboxylic acids is 1. The fourth-order valence-electron chi connectivity index (χ4n) is 6.73. The second-order valence-corrected chi connectivity index (χ2v) is 19.6. The van der Waals surface area contributed by atoms with Gasteiger partial charge in [-0.1, -0.05) is 189 Å². The van der Waals surface area contributed by atoms with Gasteiger partial charge in [-0.2, -0.15) is 0 Å². The first-order chi connectivity index (χ1) is 31.1. The fourth-order valence-corrected chi connectivity index (χ4v) is 7.47. The average molecular weight is 917 g/mol. The number of quaternary nitrogens is 1. The molecule has 9 heteroatoms. The molecule has 0 aliphatic rings. The molecule has 0 bridgehead atoms. The van der Waals surface area contributed by atoms with Gasteiger partial charge in [0.1, 0.15) is 19.3 Å². The first kappa shape index (κ1) is 61.7. The van der Waals surface area contributed by atoms with Crippen LogP contribution in [0.4, 0.5) is 0 Å². The highest BCUT2D eigenvalue weighted by molar-refractivity contribution is 7.47. The Hall–Kier alpha value is -2.32. The Balaban J connectivity index is 4.18. The van der Waals surface area contributed by atoms with Crippen LogP contribution in [0.2, 0.25) is 0 Å². The number of hydrogen-bond acceptors (Lipinski definition) is 6. The van der Waals surface area contributed by atoms with Crippen LogP contribution in [0.3, 0.4) is 0 Å². The normalized spacial score (nSPS) is 14.3. The maximum atomic E-state index is 12.8. The Bertz CT molecular complexity index is 1300. The molecule has 8 nitrogen and oxygen atoms in total. The Labute approximate surface area is 395 Å². The largest absolute Gasteiger partial charge is 0.472 e. The van der Waals surface area contributed by atoms with Crippen LogP contribution in [-0.2, 0) is 27.9 Å². The monoisotopic (exact) mass is 917 g/mol. The van der Waals surface area contributed by atoms with Gasteiger partial charge in [-0.3, -0.25) is 13.8 Å². The molecule has 0 heterocycles. The van der Waals surface area contributed by atoms with Gasteiger partial charge >= 0.3 is 13.8 Å². The van der Waals surface area contributed by atoms with Gasteiger partial charge in [-0.15, -0.1) is 0 Å². The highest BCUT2D eigenvalue weighted by atomic mass is 31.2. The van der Waals surface area contributed by atoms with Crippen LogP contribution in [0, 0.1) is 0 Å². The molecule has 0 saturated heterocycles. The number of hydrogen-bond donors (Lipinski definition) is 1. The lowest BCUT2D eigenvalue weighted by atomic mass is 10.1. The molecule has 0 amide bonds. The lowest BCUT2D eigenvalue weighted by molar-refractivity contribution is -0.870. The fraction of sp³-hybridized carbons (Fsp3) is 0.727. The smallest absolute Gasteiger partial charge is 0.457 e. The van der Waals surface area contributed by atoms with Crippen molar-refractivity contribution in [2.24, 2.45) is 0 Å². The van der Waals surface area contributed by atoms with E-state index in [1.54, 1.807) is 0 Å². The molecule has 2 unspecified atom stereocenters. The van der Waals surface area contributed by atoms with E-state index >= 15 is 0 Å². The minimum absolute atomic E-state index is 0.0810. The zero-order valence-corrected chi connectivity index (χ0v) is 42.9. The summed E-state index contributed by atoms with van der Waals surface area (Å²) in [6, 6.07) is 0. The van der Waals surface area contributed by atoms with Gasteiger partial charge in [0.2, 0.25) is 0 Å². The minimum atomic E-state index is -4.29. The number of phosphoric acid groups is 1. The lowest BCUT2D eigenvalue weighted by Crippen LogP contribution is -2.37. The van der Waals surface area contributed by atoms with E-state index in [1.165, 1.54) is 96.3 Å². The molecule has 0 spiro atoms. The quantitative estimate of drug-likeness (QED) is 0.0214. The summed E-state index contributed by atoms with van der Waals surface area (Å²) in [6.45, 7) is 5.46. The molecule has 0 aliphatic heterocycles. The molecule has 0 aromatic carbocycles. The van der Waals surface area contributed by atoms with Gasteiger partial charge in [0.15, 0.2) is 0 Å². The van der Waals surface area contributed by atoms with Crippen molar-refractivity contribution in [2.75, 3.05) is 54.1 Å². The van der Waals surface area contributed by atoms with Crippen LogP contribution >= 0.6 is 7.82 Å². The van der Waals surface area contributed by atoms with Crippen molar-refractivity contribution >= 4 is 13.8 Å². The minimum Gasteiger partial charge on any atom is -0.457 e. The molecule has 0 rings (SSSR count). The van der Waals surface area contributed by atoms with Crippen LogP contribution in [0.5, 0.6) is 0 Å². The summed E-state index contributed by atoms with van der Waals surface area (Å²) in [5.41, 5.74) is 0. The third-order valence-electron chi connectivity index (χ3n) is 10.7. The summed E-state index contributed by atoms with van der Waals surface area (Å²) in [4.78, 5) is 23.0. The van der Waals surface area contributed by atoms with E-state index in [0.29, 0.717) is 24.1 Å². The maximum Gasteiger partial charge on any atom is 0.472 e. The van der Waals surface area contributed by atoms with Crippen molar-refractivity contribution in [3.05, 3.63) is 85.1 Å². The first-order valence-electron chi connectivity index (χ1n) is 25.8. The van der Waals surface area contributed by atoms with E-state index < -0.39 is 13.9 Å². The average Bonchev–Trinajstić information content (AvgIpc) is 3.25. The zero-order chi connectivity index (χ0) is 46.9. The Morgan fingerprint density at radius 3 is 1.36 bits per heavy atom. The molecule has 370 valence electrons. The first-order valence-corrected chi connectivity index (χ1v) is 27.3. The number of phosphoric ester groups is 1. The van der Waals surface area contributed by atoms with Crippen LogP contribution in [0.15, 0.2) is 85.1 Å². The second-order valence-electron chi connectivity index (χ2n) is 18.2. The molecule has 0 radical (unpaired) electrons. The third-order valence-corrected chi connectivity index (χ3v) is 11.7. The van der Waals surface area contributed by atoms with Crippen molar-refractivity contribution in [3.63, 3.8) is 0 Å². The molecule has 0 fully saturated rings. The third kappa shape index (κ3) is 50.7. The number of rotatable bonds is 47. The molecule has 0 aromatic heterocycles. The van der Waals surface area contributed by atoms with E-state index in [-0.39, 0.29) is 25.8 Å². The number of esters is 1. The summed E-state index contributed by atoms with van der Waals surface area (Å²) in [6.07, 6.45) is 63.4. The van der Waals surface area contributed by atoms with Crippen molar-refractivity contribution < 1.29 is 37.3 Å². The molecule has 0 aliphatic carbocycles. The summed E-state index contributed by atoms with van der Waals surface area (Å²) in [7, 11) is 1.65. The number of likely N-dealkylation sites (N-methyl/N-ethyl adjacent to an activating group) is 1. The van der Waals surface area contributed by atoms with E-state index in [0.717, 1.165) is 83.5 Å². The van der Waals surface area contributed by atoms with Crippen molar-refractivity contribution in [3.8, 4) is 0 Å². The van der Waals surface area contributed by atoms with Gasteiger partial charge in [0.05, 0.1) is 34.4 Å². The SMILES string of the molecule is CC/C=C\C/C=C\C/C=C\C/C=C\C/C=C\CCCCCCCCCCCC(=O)OC(COCCCCCCCC/C=C\C/C=C\CCCCCC)COP(=O)(O)OCC[N+](C)(C)C. The topological polar surface area (TPSA) is 91.3 Å². The predicted molar refractivity (Wildman–Crippen MR) is 275 cm³/mol. The van der Waals surface area contributed by atoms with E-state index in [2.05, 4.69) is 98.9 Å². The molecule has 0 aromatic rings. The van der Waals surface area contributed by atoms with Crippen LogP contribution in [0.25, 0.3) is 0 Å². The summed E-state index contributed by atoms with van der Waals surface area (Å²) < 4.78 is 35.1. The van der Waals surface area contributed by atoms with Crippen LogP contribution in [0.1, 0.15) is 200 Å². The standard InChI is InChI=1S/C55H98NO7P/c1-6-8-10-12-14-16-18-20-22-24-25-26-27-28-29-30-31-32-34-36-38-40-42-44-46-48-55(57)63-54(53-62-64(58,59)61-51-49-56(3,4)5)52-60-50-47-45-43-41-39-37-35-33-23-21-19-17-15-13-11-9-7-2/h8,10,14,16-17,19-20,22-23,25-26,28-29,33,54H,6-7,9,11-13,15,18,21,24,27,30-32,34-53H2,1-5H3/p+1/b10-8-,16-14-,19-17-,22-20-,26-25-,29-28-,33-23-. The number of nitrogens with zero attached hydrogens (tertiary/aromatic N) is 1. The zero-order valence-electron chi connectivity index (χ0n) is 42.0. The number of allylic oxidation sites excluding steroid dienone is 14. The second kappa shape index (κ2) is 47.2. The molecule has 0 saturated carbocycles. The lowest BCUT2D eigenvalue weighted by Gasteiger charge is -2.24. The molecular weight excluding hydrogens is 818 g/mol. The Morgan fingerprint density at radius 1 is 0.500 bits per heavy atom. The van der Waals surface area contributed by atoms with E-state index in [1.807, 2.05) is 21.1 Å². The highest BCUT2D eigenvalue weighted by Crippen LogP contribution is 2.43. The van der Waals surface area contributed by atoms with E-state index in [9.17, 15) is 14.3 Å². The van der Waals surface area contributed by atoms with Gasteiger partial charge in [0, 0.05) is 13.0 Å². The number of unbranched alkanes of at least 4 members (excludes halogenated alkanes) is 19. The number of carbonyl (C=O) groups is 1. The van der Waals surface area contributed by atoms with Crippen molar-refractivity contribution in [1.29, 1.82) is 0 Å². The van der Waals surface area contributed by atoms with Crippen molar-refractivity contribution in [2.45, 2.75) is 206 Å². The summed E-state index contributed by atoms with van der Waals surface area (Å²) >= 11 is 0. The molecule has 64 heavy (non-hydrogen) atoms. The molecule has 1 N–H and O–H groups in total.